The summed E-state index contributed by atoms with van der Waals surface area (Å²) in [6, 6.07) is 6.63. The van der Waals surface area contributed by atoms with E-state index < -0.39 is 11.6 Å². The number of carbonyl (C=O) groups excluding carboxylic acids is 2. The van der Waals surface area contributed by atoms with Crippen molar-refractivity contribution in [2.45, 2.75) is 26.4 Å². The Morgan fingerprint density at radius 1 is 1.23 bits per heavy atom. The fourth-order valence-electron chi connectivity index (χ4n) is 1.96. The standard InChI is InChI=1S/C17H18N2O3/c1-17(2,3)22-16(21)12-4-5-14(15(18)7-12)13-6-11(10-20)8-19-9-13/h4-10H,18H2,1-3H3. The second-order valence-electron chi connectivity index (χ2n) is 5.93. The number of pyridine rings is 1. The van der Waals surface area contributed by atoms with E-state index in [0.29, 0.717) is 22.4 Å². The molecule has 0 aliphatic heterocycles. The van der Waals surface area contributed by atoms with E-state index in [1.807, 2.05) is 0 Å². The summed E-state index contributed by atoms with van der Waals surface area (Å²) in [5.74, 6) is -0.425. The molecule has 0 fully saturated rings. The van der Waals surface area contributed by atoms with Gasteiger partial charge in [-0.05, 0) is 39.0 Å². The highest BCUT2D eigenvalue weighted by atomic mass is 16.6. The van der Waals surface area contributed by atoms with Gasteiger partial charge >= 0.3 is 5.97 Å². The van der Waals surface area contributed by atoms with Crippen LogP contribution >= 0.6 is 0 Å². The normalized spacial score (nSPS) is 11.0. The monoisotopic (exact) mass is 298 g/mol. The predicted molar refractivity (Wildman–Crippen MR) is 84.6 cm³/mol. The quantitative estimate of drug-likeness (QED) is 0.535. The van der Waals surface area contributed by atoms with Crippen LogP contribution in [0, 0.1) is 0 Å². The Kier molecular flexibility index (Phi) is 4.26. The molecule has 1 heterocycles. The summed E-state index contributed by atoms with van der Waals surface area (Å²) in [5.41, 5.74) is 8.17. The molecule has 1 aromatic carbocycles. The average Bonchev–Trinajstić information content (AvgIpc) is 2.45. The van der Waals surface area contributed by atoms with Crippen LogP contribution in [-0.2, 0) is 4.74 Å². The van der Waals surface area contributed by atoms with Crippen molar-refractivity contribution in [2.75, 3.05) is 5.73 Å². The first-order chi connectivity index (χ1) is 10.3. The smallest absolute Gasteiger partial charge is 0.338 e. The van der Waals surface area contributed by atoms with Crippen LogP contribution in [0.2, 0.25) is 0 Å². The lowest BCUT2D eigenvalue weighted by Gasteiger charge is -2.19. The van der Waals surface area contributed by atoms with Crippen LogP contribution in [0.4, 0.5) is 5.69 Å². The summed E-state index contributed by atoms with van der Waals surface area (Å²) in [4.78, 5) is 26.8. The Hall–Kier alpha value is -2.69. The lowest BCUT2D eigenvalue weighted by Crippen LogP contribution is -2.23. The Morgan fingerprint density at radius 3 is 2.55 bits per heavy atom. The van der Waals surface area contributed by atoms with E-state index in [4.69, 9.17) is 10.5 Å². The number of ether oxygens (including phenoxy) is 1. The van der Waals surface area contributed by atoms with Crippen molar-refractivity contribution in [1.82, 2.24) is 4.98 Å². The van der Waals surface area contributed by atoms with Crippen LogP contribution in [0.25, 0.3) is 11.1 Å². The number of hydrogen-bond donors (Lipinski definition) is 1. The molecule has 0 radical (unpaired) electrons. The topological polar surface area (TPSA) is 82.3 Å². The van der Waals surface area contributed by atoms with Gasteiger partial charge in [-0.2, -0.15) is 0 Å². The molecule has 5 nitrogen and oxygen atoms in total. The highest BCUT2D eigenvalue weighted by Crippen LogP contribution is 2.27. The van der Waals surface area contributed by atoms with Crippen LogP contribution in [-0.4, -0.2) is 22.8 Å². The molecule has 0 atom stereocenters. The van der Waals surface area contributed by atoms with Crippen molar-refractivity contribution in [3.8, 4) is 11.1 Å². The van der Waals surface area contributed by atoms with Gasteiger partial charge in [0, 0.05) is 34.8 Å². The van der Waals surface area contributed by atoms with E-state index in [0.717, 1.165) is 11.8 Å². The molecule has 2 rings (SSSR count). The highest BCUT2D eigenvalue weighted by Gasteiger charge is 2.18. The van der Waals surface area contributed by atoms with Crippen molar-refractivity contribution in [1.29, 1.82) is 0 Å². The molecule has 5 heteroatoms. The number of carbonyl (C=O) groups is 2. The maximum atomic E-state index is 12.0. The van der Waals surface area contributed by atoms with Crippen LogP contribution in [0.3, 0.4) is 0 Å². The number of nitrogen functional groups attached to an aromatic ring is 1. The van der Waals surface area contributed by atoms with Gasteiger partial charge in [0.15, 0.2) is 6.29 Å². The van der Waals surface area contributed by atoms with Gasteiger partial charge in [-0.3, -0.25) is 9.78 Å². The second-order valence-corrected chi connectivity index (χ2v) is 5.93. The summed E-state index contributed by atoms with van der Waals surface area (Å²) in [6.07, 6.45) is 3.81. The van der Waals surface area contributed by atoms with E-state index in [1.54, 1.807) is 51.2 Å². The van der Waals surface area contributed by atoms with Crippen molar-refractivity contribution in [2.24, 2.45) is 0 Å². The molecular weight excluding hydrogens is 280 g/mol. The van der Waals surface area contributed by atoms with Gasteiger partial charge in [0.1, 0.15) is 5.60 Å². The highest BCUT2D eigenvalue weighted by molar-refractivity contribution is 5.93. The Labute approximate surface area is 129 Å². The van der Waals surface area contributed by atoms with Crippen LogP contribution in [0.5, 0.6) is 0 Å². The average molecular weight is 298 g/mol. The van der Waals surface area contributed by atoms with E-state index in [1.165, 1.54) is 6.20 Å². The summed E-state index contributed by atoms with van der Waals surface area (Å²) < 4.78 is 5.31. The van der Waals surface area contributed by atoms with Crippen molar-refractivity contribution < 1.29 is 14.3 Å². The molecule has 0 aliphatic rings. The number of rotatable bonds is 3. The number of anilines is 1. The first-order valence-electron chi connectivity index (χ1n) is 6.83. The largest absolute Gasteiger partial charge is 0.456 e. The fourth-order valence-corrected chi connectivity index (χ4v) is 1.96. The molecular formula is C17H18N2O3. The summed E-state index contributed by atoms with van der Waals surface area (Å²) in [6.45, 7) is 5.41. The maximum Gasteiger partial charge on any atom is 0.338 e. The van der Waals surface area contributed by atoms with Gasteiger partial charge in [-0.1, -0.05) is 6.07 Å². The predicted octanol–water partition coefficient (Wildman–Crippen LogP) is 3.10. The van der Waals surface area contributed by atoms with Gasteiger partial charge in [0.2, 0.25) is 0 Å². The molecule has 22 heavy (non-hydrogen) atoms. The SMILES string of the molecule is CC(C)(C)OC(=O)c1ccc(-c2cncc(C=O)c2)c(N)c1. The zero-order chi connectivity index (χ0) is 16.3. The molecule has 0 unspecified atom stereocenters. The first-order valence-corrected chi connectivity index (χ1v) is 6.83. The van der Waals surface area contributed by atoms with Crippen LogP contribution < -0.4 is 5.73 Å². The number of aromatic nitrogens is 1. The third-order valence-corrected chi connectivity index (χ3v) is 2.89. The Morgan fingerprint density at radius 2 is 1.95 bits per heavy atom. The molecule has 0 saturated carbocycles. The van der Waals surface area contributed by atoms with E-state index >= 15 is 0 Å². The molecule has 0 saturated heterocycles. The van der Waals surface area contributed by atoms with Gasteiger partial charge in [-0.25, -0.2) is 4.79 Å². The molecule has 2 N–H and O–H groups in total. The maximum absolute atomic E-state index is 12.0. The van der Waals surface area contributed by atoms with Crippen LogP contribution in [0.15, 0.2) is 36.7 Å². The van der Waals surface area contributed by atoms with E-state index in [-0.39, 0.29) is 0 Å². The van der Waals surface area contributed by atoms with E-state index in [9.17, 15) is 9.59 Å². The summed E-state index contributed by atoms with van der Waals surface area (Å²) >= 11 is 0. The van der Waals surface area contributed by atoms with Crippen molar-refractivity contribution in [3.05, 3.63) is 47.8 Å². The molecule has 0 aliphatic carbocycles. The van der Waals surface area contributed by atoms with Gasteiger partial charge in [0.05, 0.1) is 5.56 Å². The minimum Gasteiger partial charge on any atom is -0.456 e. The summed E-state index contributed by atoms with van der Waals surface area (Å²) in [7, 11) is 0. The number of aldehydes is 1. The lowest BCUT2D eigenvalue weighted by molar-refractivity contribution is 0.00695. The minimum absolute atomic E-state index is 0.385. The van der Waals surface area contributed by atoms with E-state index in [2.05, 4.69) is 4.98 Å². The Balaban J connectivity index is 2.33. The molecule has 114 valence electrons. The minimum atomic E-state index is -0.563. The zero-order valence-electron chi connectivity index (χ0n) is 12.8. The molecule has 0 spiro atoms. The lowest BCUT2D eigenvalue weighted by atomic mass is 10.0. The molecule has 0 amide bonds. The van der Waals surface area contributed by atoms with Gasteiger partial charge in [0.25, 0.3) is 0 Å². The summed E-state index contributed by atoms with van der Waals surface area (Å²) in [5, 5.41) is 0. The zero-order valence-corrected chi connectivity index (χ0v) is 12.8. The van der Waals surface area contributed by atoms with Crippen molar-refractivity contribution >= 4 is 17.9 Å². The third-order valence-electron chi connectivity index (χ3n) is 2.89. The number of esters is 1. The van der Waals surface area contributed by atoms with Gasteiger partial charge < -0.3 is 10.5 Å². The second kappa shape index (κ2) is 5.97. The molecule has 0 bridgehead atoms. The number of hydrogen-bond acceptors (Lipinski definition) is 5. The van der Waals surface area contributed by atoms with Crippen molar-refractivity contribution in [3.63, 3.8) is 0 Å². The third kappa shape index (κ3) is 3.69. The molecule has 2 aromatic rings. The fraction of sp³-hybridized carbons (Fsp3) is 0.235. The number of benzene rings is 1. The molecule has 1 aromatic heterocycles. The number of nitrogens with two attached hydrogens (primary N) is 1. The first kappa shape index (κ1) is 15.7. The Bertz CT molecular complexity index is 718. The number of nitrogens with zero attached hydrogens (tertiary/aromatic N) is 1. The van der Waals surface area contributed by atoms with Gasteiger partial charge in [-0.15, -0.1) is 0 Å². The van der Waals surface area contributed by atoms with Crippen LogP contribution in [0.1, 0.15) is 41.5 Å².